The highest BCUT2D eigenvalue weighted by molar-refractivity contribution is 8.19. The lowest BCUT2D eigenvalue weighted by Gasteiger charge is -2.16. The molecule has 0 N–H and O–H groups in total. The minimum Gasteiger partial charge on any atom is -0.460 e. The molecule has 0 amide bonds. The molecule has 0 fully saturated rings. The number of hydrazone groups is 1. The van der Waals surface area contributed by atoms with E-state index in [1.807, 2.05) is 6.07 Å². The summed E-state index contributed by atoms with van der Waals surface area (Å²) in [4.78, 5) is 37.1. The van der Waals surface area contributed by atoms with E-state index >= 15 is 0 Å². The van der Waals surface area contributed by atoms with Crippen LogP contribution in [0, 0.1) is 11.3 Å². The number of ketones is 2. The Bertz CT molecular complexity index is 1060. The predicted molar refractivity (Wildman–Crippen MR) is 109 cm³/mol. The molecule has 1 heterocycles. The molecule has 0 aliphatic carbocycles. The van der Waals surface area contributed by atoms with Crippen molar-refractivity contribution in [2.45, 2.75) is 6.92 Å². The van der Waals surface area contributed by atoms with Crippen molar-refractivity contribution in [3.63, 3.8) is 0 Å². The first-order chi connectivity index (χ1) is 14.1. The Labute approximate surface area is 171 Å². The number of para-hydroxylation sites is 1. The number of benzene rings is 2. The lowest BCUT2D eigenvalue weighted by Crippen LogP contribution is -2.23. The average Bonchev–Trinajstić information content (AvgIpc) is 3.20. The van der Waals surface area contributed by atoms with Gasteiger partial charge >= 0.3 is 5.97 Å². The van der Waals surface area contributed by atoms with Crippen molar-refractivity contribution >= 4 is 40.0 Å². The Kier molecular flexibility index (Phi) is 6.22. The van der Waals surface area contributed by atoms with Gasteiger partial charge in [0.1, 0.15) is 16.7 Å². The molecule has 144 valence electrons. The number of thioether (sulfide) groups is 1. The summed E-state index contributed by atoms with van der Waals surface area (Å²) in [7, 11) is 0. The number of esters is 1. The van der Waals surface area contributed by atoms with Crippen molar-refractivity contribution in [3.8, 4) is 6.07 Å². The monoisotopic (exact) mass is 405 g/mol. The lowest BCUT2D eigenvalue weighted by molar-refractivity contribution is -0.150. The minimum absolute atomic E-state index is 0.0452. The second kappa shape index (κ2) is 8.99. The van der Waals surface area contributed by atoms with Gasteiger partial charge in [-0.1, -0.05) is 48.5 Å². The summed E-state index contributed by atoms with van der Waals surface area (Å²) in [6.07, 6.45) is 0. The highest BCUT2D eigenvalue weighted by Gasteiger charge is 2.35. The Hall–Kier alpha value is -3.70. The summed E-state index contributed by atoms with van der Waals surface area (Å²) in [5.41, 5.74) is 0.686. The SMILES string of the molecule is CCOC(=O)C(=O)C1=NN(c2ccccc2)/C(=C(\C#N)C(=O)c2ccccc2)S1. The van der Waals surface area contributed by atoms with Crippen LogP contribution in [0.15, 0.2) is 76.4 Å². The average molecular weight is 405 g/mol. The maximum absolute atomic E-state index is 12.9. The number of nitrogens with zero attached hydrogens (tertiary/aromatic N) is 3. The number of allylic oxidation sites excluding steroid dienone is 1. The van der Waals surface area contributed by atoms with Gasteiger partial charge in [0, 0.05) is 5.56 Å². The van der Waals surface area contributed by atoms with Gasteiger partial charge in [-0.2, -0.15) is 10.4 Å². The number of hydrogen-bond donors (Lipinski definition) is 0. The smallest absolute Gasteiger partial charge is 0.382 e. The van der Waals surface area contributed by atoms with Gasteiger partial charge in [-0.3, -0.25) is 9.59 Å². The minimum atomic E-state index is -1.04. The van der Waals surface area contributed by atoms with Gasteiger partial charge in [0.05, 0.1) is 12.3 Å². The number of anilines is 1. The molecule has 0 aromatic heterocycles. The molecule has 29 heavy (non-hydrogen) atoms. The van der Waals surface area contributed by atoms with Crippen LogP contribution in [0.4, 0.5) is 5.69 Å². The van der Waals surface area contributed by atoms with E-state index in [9.17, 15) is 19.6 Å². The van der Waals surface area contributed by atoms with E-state index in [1.165, 1.54) is 5.01 Å². The van der Waals surface area contributed by atoms with Crippen molar-refractivity contribution in [3.05, 3.63) is 76.8 Å². The standard InChI is InChI=1S/C21H15N3O4S/c1-2-28-21(27)18(26)19-23-24(15-11-7-4-8-12-15)20(29-19)16(13-22)17(25)14-9-5-3-6-10-14/h3-12H,2H2,1H3/b20-16-. The molecule has 0 bridgehead atoms. The third kappa shape index (κ3) is 4.25. The fourth-order valence-corrected chi connectivity index (χ4v) is 3.45. The molecule has 2 aromatic rings. The third-order valence-corrected chi connectivity index (χ3v) is 4.85. The Morgan fingerprint density at radius 2 is 1.66 bits per heavy atom. The van der Waals surface area contributed by atoms with Gasteiger partial charge in [-0.15, -0.1) is 0 Å². The molecule has 2 aromatic carbocycles. The molecule has 0 atom stereocenters. The maximum atomic E-state index is 12.9. The number of rotatable bonds is 6. The molecule has 0 unspecified atom stereocenters. The number of nitriles is 1. The third-order valence-electron chi connectivity index (χ3n) is 3.82. The molecule has 1 aliphatic rings. The fraction of sp³-hybridized carbons (Fsp3) is 0.0952. The topological polar surface area (TPSA) is 99.8 Å². The Morgan fingerprint density at radius 3 is 2.24 bits per heavy atom. The normalized spacial score (nSPS) is 14.6. The highest BCUT2D eigenvalue weighted by Crippen LogP contribution is 2.37. The summed E-state index contributed by atoms with van der Waals surface area (Å²) >= 11 is 0.793. The van der Waals surface area contributed by atoms with Crippen LogP contribution >= 0.6 is 11.8 Å². The number of carbonyl (C=O) groups is 3. The molecule has 7 nitrogen and oxygen atoms in total. The maximum Gasteiger partial charge on any atom is 0.382 e. The van der Waals surface area contributed by atoms with Gasteiger partial charge in [0.25, 0.3) is 5.78 Å². The number of carbonyl (C=O) groups excluding carboxylic acids is 3. The summed E-state index contributed by atoms with van der Waals surface area (Å²) in [5, 5.41) is 15.2. The predicted octanol–water partition coefficient (Wildman–Crippen LogP) is 3.30. The zero-order valence-electron chi connectivity index (χ0n) is 15.4. The van der Waals surface area contributed by atoms with Crippen molar-refractivity contribution in [2.24, 2.45) is 5.10 Å². The van der Waals surface area contributed by atoms with Crippen molar-refractivity contribution in [2.75, 3.05) is 11.6 Å². The quantitative estimate of drug-likeness (QED) is 0.239. The molecule has 8 heteroatoms. The first kappa shape index (κ1) is 20.0. The van der Waals surface area contributed by atoms with Crippen LogP contribution in [0.1, 0.15) is 17.3 Å². The number of hydrogen-bond acceptors (Lipinski definition) is 8. The fourth-order valence-electron chi connectivity index (χ4n) is 2.50. The molecular weight excluding hydrogens is 390 g/mol. The molecular formula is C21H15N3O4S. The molecule has 0 saturated heterocycles. The van der Waals surface area contributed by atoms with Crippen molar-refractivity contribution in [1.82, 2.24) is 0 Å². The van der Waals surface area contributed by atoms with E-state index in [0.717, 1.165) is 11.8 Å². The zero-order chi connectivity index (χ0) is 20.8. The van der Waals surface area contributed by atoms with Crippen LogP contribution in [0.5, 0.6) is 0 Å². The van der Waals surface area contributed by atoms with Crippen LogP contribution in [-0.2, 0) is 14.3 Å². The second-order valence-electron chi connectivity index (χ2n) is 5.69. The molecule has 1 aliphatic heterocycles. The highest BCUT2D eigenvalue weighted by atomic mass is 32.2. The van der Waals surface area contributed by atoms with Gasteiger partial charge in [0.2, 0.25) is 5.78 Å². The van der Waals surface area contributed by atoms with E-state index in [-0.39, 0.29) is 22.3 Å². The van der Waals surface area contributed by atoms with Crippen LogP contribution in [0.25, 0.3) is 0 Å². The Morgan fingerprint density at radius 1 is 1.03 bits per heavy atom. The lowest BCUT2D eigenvalue weighted by atomic mass is 10.1. The summed E-state index contributed by atoms with van der Waals surface area (Å²) in [6.45, 7) is 1.63. The van der Waals surface area contributed by atoms with E-state index < -0.39 is 17.5 Å². The first-order valence-corrected chi connectivity index (χ1v) is 9.45. The van der Waals surface area contributed by atoms with E-state index in [2.05, 4.69) is 5.10 Å². The van der Waals surface area contributed by atoms with E-state index in [0.29, 0.717) is 11.3 Å². The van der Waals surface area contributed by atoms with Crippen LogP contribution in [0.2, 0.25) is 0 Å². The van der Waals surface area contributed by atoms with Crippen LogP contribution in [-0.4, -0.2) is 29.2 Å². The van der Waals surface area contributed by atoms with E-state index in [1.54, 1.807) is 67.6 Å². The molecule has 0 saturated carbocycles. The van der Waals surface area contributed by atoms with Gasteiger partial charge in [-0.25, -0.2) is 9.80 Å². The second-order valence-corrected chi connectivity index (χ2v) is 6.67. The van der Waals surface area contributed by atoms with Crippen LogP contribution in [0.3, 0.4) is 0 Å². The van der Waals surface area contributed by atoms with Crippen molar-refractivity contribution in [1.29, 1.82) is 5.26 Å². The first-order valence-electron chi connectivity index (χ1n) is 8.64. The molecule has 0 spiro atoms. The van der Waals surface area contributed by atoms with E-state index in [4.69, 9.17) is 4.74 Å². The number of Topliss-reactive ketones (excluding diaryl/α,β-unsaturated/α-hetero) is 2. The Balaban J connectivity index is 2.07. The van der Waals surface area contributed by atoms with Gasteiger partial charge in [0.15, 0.2) is 5.04 Å². The summed E-state index contributed by atoms with van der Waals surface area (Å²) in [6, 6.07) is 19.0. The van der Waals surface area contributed by atoms with Gasteiger partial charge in [-0.05, 0) is 30.8 Å². The molecule has 3 rings (SSSR count). The number of ether oxygens (including phenoxy) is 1. The van der Waals surface area contributed by atoms with Crippen LogP contribution < -0.4 is 5.01 Å². The summed E-state index contributed by atoms with van der Waals surface area (Å²) in [5.74, 6) is -2.48. The van der Waals surface area contributed by atoms with Crippen molar-refractivity contribution < 1.29 is 19.1 Å². The molecule has 0 radical (unpaired) electrons. The largest absolute Gasteiger partial charge is 0.460 e. The zero-order valence-corrected chi connectivity index (χ0v) is 16.2. The summed E-state index contributed by atoms with van der Waals surface area (Å²) < 4.78 is 4.75. The van der Waals surface area contributed by atoms with Gasteiger partial charge < -0.3 is 4.74 Å².